The molecule has 0 bridgehead atoms. The van der Waals surface area contributed by atoms with Crippen LogP contribution >= 0.6 is 12.4 Å². The number of piperidine rings is 1. The van der Waals surface area contributed by atoms with Crippen molar-refractivity contribution in [2.75, 3.05) is 13.1 Å². The van der Waals surface area contributed by atoms with Gasteiger partial charge in [0.25, 0.3) is 0 Å². The fourth-order valence-electron chi connectivity index (χ4n) is 2.45. The smallest absolute Gasteiger partial charge is 0.0521 e. The van der Waals surface area contributed by atoms with Crippen LogP contribution in [0.1, 0.15) is 25.5 Å². The van der Waals surface area contributed by atoms with Gasteiger partial charge in [-0.1, -0.05) is 0 Å². The Morgan fingerprint density at radius 1 is 1.59 bits per heavy atom. The van der Waals surface area contributed by atoms with Gasteiger partial charge in [-0.15, -0.1) is 12.4 Å². The number of likely N-dealkylation sites (tertiary alicyclic amines) is 1. The summed E-state index contributed by atoms with van der Waals surface area (Å²) in [7, 11) is 2.00. The second kappa shape index (κ2) is 6.38. The lowest BCUT2D eigenvalue weighted by Gasteiger charge is -2.34. The zero-order chi connectivity index (χ0) is 11.5. The van der Waals surface area contributed by atoms with Crippen LogP contribution in [0.15, 0.2) is 12.3 Å². The molecule has 2 unspecified atom stereocenters. The highest BCUT2D eigenvalue weighted by Crippen LogP contribution is 2.20. The third-order valence-corrected chi connectivity index (χ3v) is 3.59. The summed E-state index contributed by atoms with van der Waals surface area (Å²) in [5.74, 6) is 0.655. The van der Waals surface area contributed by atoms with E-state index in [2.05, 4.69) is 23.0 Å². The van der Waals surface area contributed by atoms with Gasteiger partial charge in [-0.3, -0.25) is 9.58 Å². The van der Waals surface area contributed by atoms with Crippen LogP contribution in [-0.4, -0.2) is 33.8 Å². The van der Waals surface area contributed by atoms with Crippen LogP contribution in [0.2, 0.25) is 0 Å². The second-order valence-electron chi connectivity index (χ2n) is 4.94. The molecular formula is C12H23ClN4. The number of hydrogen-bond donors (Lipinski definition) is 1. The molecule has 0 amide bonds. The number of rotatable bonds is 3. The predicted molar refractivity (Wildman–Crippen MR) is 72.1 cm³/mol. The van der Waals surface area contributed by atoms with Gasteiger partial charge >= 0.3 is 0 Å². The van der Waals surface area contributed by atoms with Crippen molar-refractivity contribution in [1.29, 1.82) is 0 Å². The lowest BCUT2D eigenvalue weighted by atomic mass is 9.92. The number of halogens is 1. The quantitative estimate of drug-likeness (QED) is 0.892. The number of nitrogens with two attached hydrogens (primary N) is 1. The molecule has 1 aromatic heterocycles. The van der Waals surface area contributed by atoms with Gasteiger partial charge < -0.3 is 5.73 Å². The first kappa shape index (κ1) is 14.5. The molecule has 0 aliphatic carbocycles. The van der Waals surface area contributed by atoms with Crippen molar-refractivity contribution in [3.8, 4) is 0 Å². The molecule has 5 heteroatoms. The van der Waals surface area contributed by atoms with Crippen molar-refractivity contribution in [2.24, 2.45) is 18.7 Å². The second-order valence-corrected chi connectivity index (χ2v) is 4.94. The molecule has 1 fully saturated rings. The summed E-state index contributed by atoms with van der Waals surface area (Å²) in [5.41, 5.74) is 7.27. The van der Waals surface area contributed by atoms with Gasteiger partial charge in [0.2, 0.25) is 0 Å². The Balaban J connectivity index is 0.00000144. The fraction of sp³-hybridized carbons (Fsp3) is 0.750. The zero-order valence-corrected chi connectivity index (χ0v) is 11.5. The maximum Gasteiger partial charge on any atom is 0.0521 e. The molecule has 0 spiro atoms. The standard InChI is InChI=1S/C12H22N4.ClH/c1-10(13)11-4-3-7-16(8-11)9-12-5-6-14-15(12)2;/h5-6,10-11H,3-4,7-9,13H2,1-2H3;1H. The number of hydrogen-bond acceptors (Lipinski definition) is 3. The molecule has 1 aromatic rings. The van der Waals surface area contributed by atoms with E-state index in [0.717, 1.165) is 13.1 Å². The molecule has 17 heavy (non-hydrogen) atoms. The van der Waals surface area contributed by atoms with Gasteiger partial charge in [-0.05, 0) is 38.3 Å². The minimum atomic E-state index is 0. The molecule has 1 saturated heterocycles. The summed E-state index contributed by atoms with van der Waals surface area (Å²) >= 11 is 0. The third-order valence-electron chi connectivity index (χ3n) is 3.59. The van der Waals surface area contributed by atoms with Gasteiger partial charge in [0.05, 0.1) is 5.69 Å². The lowest BCUT2D eigenvalue weighted by molar-refractivity contribution is 0.151. The summed E-state index contributed by atoms with van der Waals surface area (Å²) in [6.45, 7) is 5.44. The maximum absolute atomic E-state index is 5.99. The first-order valence-corrected chi connectivity index (χ1v) is 6.11. The van der Waals surface area contributed by atoms with Crippen LogP contribution < -0.4 is 5.73 Å². The normalized spacial score (nSPS) is 23.1. The molecule has 0 aromatic carbocycles. The molecule has 2 N–H and O–H groups in total. The summed E-state index contributed by atoms with van der Waals surface area (Å²) < 4.78 is 1.95. The van der Waals surface area contributed by atoms with Gasteiger partial charge in [0.1, 0.15) is 0 Å². The molecule has 1 aliphatic heterocycles. The number of nitrogens with zero attached hydrogens (tertiary/aromatic N) is 3. The van der Waals surface area contributed by atoms with E-state index in [-0.39, 0.29) is 12.4 Å². The van der Waals surface area contributed by atoms with Crippen LogP contribution in [0.3, 0.4) is 0 Å². The number of aryl methyl sites for hydroxylation is 1. The monoisotopic (exact) mass is 258 g/mol. The average Bonchev–Trinajstić information content (AvgIpc) is 2.65. The van der Waals surface area contributed by atoms with E-state index in [0.29, 0.717) is 12.0 Å². The van der Waals surface area contributed by atoms with E-state index < -0.39 is 0 Å². The summed E-state index contributed by atoms with van der Waals surface area (Å²) in [5, 5.41) is 4.20. The fourth-order valence-corrected chi connectivity index (χ4v) is 2.45. The third kappa shape index (κ3) is 3.69. The molecule has 0 radical (unpaired) electrons. The largest absolute Gasteiger partial charge is 0.328 e. The number of aromatic nitrogens is 2. The Kier molecular flexibility index (Phi) is 5.43. The SMILES string of the molecule is CC(N)C1CCCN(Cc2ccnn2C)C1.Cl. The van der Waals surface area contributed by atoms with Gasteiger partial charge in [-0.2, -0.15) is 5.10 Å². The minimum absolute atomic E-state index is 0. The molecular weight excluding hydrogens is 236 g/mol. The average molecular weight is 259 g/mol. The Labute approximate surface area is 110 Å². The van der Waals surface area contributed by atoms with Crippen molar-refractivity contribution in [2.45, 2.75) is 32.4 Å². The Morgan fingerprint density at radius 3 is 2.94 bits per heavy atom. The molecule has 0 saturated carbocycles. The molecule has 98 valence electrons. The predicted octanol–water partition coefficient (Wildman–Crippen LogP) is 1.40. The van der Waals surface area contributed by atoms with E-state index in [4.69, 9.17) is 5.73 Å². The van der Waals surface area contributed by atoms with Crippen LogP contribution in [0.25, 0.3) is 0 Å². The Hall–Kier alpha value is -0.580. The van der Waals surface area contributed by atoms with Crippen molar-refractivity contribution in [3.63, 3.8) is 0 Å². The highest BCUT2D eigenvalue weighted by atomic mass is 35.5. The summed E-state index contributed by atoms with van der Waals surface area (Å²) in [6, 6.07) is 2.41. The van der Waals surface area contributed by atoms with E-state index >= 15 is 0 Å². The highest BCUT2D eigenvalue weighted by molar-refractivity contribution is 5.85. The van der Waals surface area contributed by atoms with Gasteiger partial charge in [-0.25, -0.2) is 0 Å². The minimum Gasteiger partial charge on any atom is -0.328 e. The van der Waals surface area contributed by atoms with E-state index in [9.17, 15) is 0 Å². The Morgan fingerprint density at radius 2 is 2.35 bits per heavy atom. The molecule has 2 heterocycles. The van der Waals surface area contributed by atoms with Crippen molar-refractivity contribution >= 4 is 12.4 Å². The highest BCUT2D eigenvalue weighted by Gasteiger charge is 2.22. The molecule has 2 atom stereocenters. The van der Waals surface area contributed by atoms with E-state index in [1.807, 2.05) is 17.9 Å². The van der Waals surface area contributed by atoms with Crippen LogP contribution in [-0.2, 0) is 13.6 Å². The first-order chi connectivity index (χ1) is 7.66. The molecule has 1 aliphatic rings. The summed E-state index contributed by atoms with van der Waals surface area (Å²) in [6.07, 6.45) is 4.41. The van der Waals surface area contributed by atoms with Crippen LogP contribution in [0, 0.1) is 5.92 Å². The maximum atomic E-state index is 5.99. The molecule has 4 nitrogen and oxygen atoms in total. The van der Waals surface area contributed by atoms with Crippen molar-refractivity contribution in [3.05, 3.63) is 18.0 Å². The van der Waals surface area contributed by atoms with Gasteiger partial charge in [0, 0.05) is 32.4 Å². The Bertz CT molecular complexity index is 337. The van der Waals surface area contributed by atoms with Crippen molar-refractivity contribution < 1.29 is 0 Å². The van der Waals surface area contributed by atoms with Crippen LogP contribution in [0.5, 0.6) is 0 Å². The van der Waals surface area contributed by atoms with E-state index in [1.165, 1.54) is 25.1 Å². The summed E-state index contributed by atoms with van der Waals surface area (Å²) in [4.78, 5) is 2.49. The lowest BCUT2D eigenvalue weighted by Crippen LogP contribution is -2.42. The zero-order valence-electron chi connectivity index (χ0n) is 10.7. The topological polar surface area (TPSA) is 47.1 Å². The molecule has 2 rings (SSSR count). The van der Waals surface area contributed by atoms with Crippen molar-refractivity contribution in [1.82, 2.24) is 14.7 Å². The van der Waals surface area contributed by atoms with E-state index in [1.54, 1.807) is 0 Å². The van der Waals surface area contributed by atoms with Crippen LogP contribution in [0.4, 0.5) is 0 Å². The first-order valence-electron chi connectivity index (χ1n) is 6.11. The van der Waals surface area contributed by atoms with Gasteiger partial charge in [0.15, 0.2) is 0 Å².